The monoisotopic (exact) mass is 375 g/mol. The van der Waals surface area contributed by atoms with Gasteiger partial charge in [-0.15, -0.1) is 11.6 Å². The Bertz CT molecular complexity index is 599. The summed E-state index contributed by atoms with van der Waals surface area (Å²) in [5.41, 5.74) is 5.04. The molecule has 1 saturated carbocycles. The highest BCUT2D eigenvalue weighted by Gasteiger charge is 2.55. The number of alkyl halides is 1. The minimum Gasteiger partial charge on any atom is -0.361 e. The van der Waals surface area contributed by atoms with Crippen LogP contribution < -0.4 is 4.90 Å². The summed E-state index contributed by atoms with van der Waals surface area (Å²) in [6.45, 7) is 14.2. The molecule has 0 amide bonds. The first-order chi connectivity index (χ1) is 12.2. The summed E-state index contributed by atoms with van der Waals surface area (Å²) in [6, 6.07) is 7.40. The predicted octanol–water partition coefficient (Wildman–Crippen LogP) is 7.48. The zero-order valence-corrected chi connectivity index (χ0v) is 18.5. The normalized spacial score (nSPS) is 24.8. The van der Waals surface area contributed by atoms with Crippen LogP contribution in [0.2, 0.25) is 0 Å². The first-order valence-electron chi connectivity index (χ1n) is 10.7. The SMILES string of the molecule is CC(C)c1cccc(C(C)C)c1N1C(CCl)C2(CCCCC2)CC1(C)C. The van der Waals surface area contributed by atoms with Gasteiger partial charge in [-0.3, -0.25) is 0 Å². The Morgan fingerprint density at radius 2 is 1.54 bits per heavy atom. The van der Waals surface area contributed by atoms with Crippen molar-refractivity contribution in [3.05, 3.63) is 29.3 Å². The molecule has 3 rings (SSSR count). The number of anilines is 1. The molecule has 0 radical (unpaired) electrons. The molecule has 1 aromatic rings. The van der Waals surface area contributed by atoms with Crippen molar-refractivity contribution in [1.29, 1.82) is 0 Å². The van der Waals surface area contributed by atoms with Gasteiger partial charge in [0.25, 0.3) is 0 Å². The lowest BCUT2D eigenvalue weighted by Gasteiger charge is -2.44. The van der Waals surface area contributed by atoms with E-state index >= 15 is 0 Å². The molecule has 146 valence electrons. The number of benzene rings is 1. The highest BCUT2D eigenvalue weighted by Crippen LogP contribution is 2.57. The van der Waals surface area contributed by atoms with E-state index in [9.17, 15) is 0 Å². The fraction of sp³-hybridized carbons (Fsp3) is 0.750. The van der Waals surface area contributed by atoms with Crippen molar-refractivity contribution in [2.24, 2.45) is 5.41 Å². The molecule has 1 heterocycles. The van der Waals surface area contributed by atoms with Crippen molar-refractivity contribution in [2.75, 3.05) is 10.8 Å². The molecule has 2 heteroatoms. The van der Waals surface area contributed by atoms with Crippen molar-refractivity contribution >= 4 is 17.3 Å². The van der Waals surface area contributed by atoms with Gasteiger partial charge < -0.3 is 4.90 Å². The molecule has 1 saturated heterocycles. The predicted molar refractivity (Wildman–Crippen MR) is 116 cm³/mol. The van der Waals surface area contributed by atoms with Crippen LogP contribution in [0.15, 0.2) is 18.2 Å². The van der Waals surface area contributed by atoms with E-state index in [0.29, 0.717) is 23.3 Å². The summed E-state index contributed by atoms with van der Waals surface area (Å²) in [5.74, 6) is 1.80. The van der Waals surface area contributed by atoms with E-state index in [2.05, 4.69) is 64.6 Å². The largest absolute Gasteiger partial charge is 0.361 e. The lowest BCUT2D eigenvalue weighted by atomic mass is 9.68. The second kappa shape index (κ2) is 7.38. The van der Waals surface area contributed by atoms with Crippen LogP contribution in [0.4, 0.5) is 5.69 Å². The molecule has 1 aromatic carbocycles. The summed E-state index contributed by atoms with van der Waals surface area (Å²) < 4.78 is 0. The van der Waals surface area contributed by atoms with Crippen molar-refractivity contribution in [3.8, 4) is 0 Å². The summed E-state index contributed by atoms with van der Waals surface area (Å²) in [6.07, 6.45) is 8.13. The highest BCUT2D eigenvalue weighted by molar-refractivity contribution is 6.18. The molecule has 2 aliphatic rings. The number of halogens is 1. The Kier molecular flexibility index (Phi) is 5.69. The minimum atomic E-state index is 0.158. The van der Waals surface area contributed by atoms with E-state index < -0.39 is 0 Å². The van der Waals surface area contributed by atoms with Gasteiger partial charge in [0, 0.05) is 23.1 Å². The van der Waals surface area contributed by atoms with Crippen LogP contribution in [-0.4, -0.2) is 17.5 Å². The fourth-order valence-corrected chi connectivity index (χ4v) is 6.47. The van der Waals surface area contributed by atoms with E-state index in [1.165, 1.54) is 55.3 Å². The number of hydrogen-bond donors (Lipinski definition) is 0. The Hall–Kier alpha value is -0.690. The van der Waals surface area contributed by atoms with E-state index in [4.69, 9.17) is 11.6 Å². The van der Waals surface area contributed by atoms with Crippen molar-refractivity contribution in [2.45, 2.75) is 103 Å². The maximum atomic E-state index is 6.72. The highest BCUT2D eigenvalue weighted by atomic mass is 35.5. The van der Waals surface area contributed by atoms with Gasteiger partial charge >= 0.3 is 0 Å². The molecule has 2 fully saturated rings. The number of rotatable bonds is 4. The van der Waals surface area contributed by atoms with Crippen molar-refractivity contribution < 1.29 is 0 Å². The van der Waals surface area contributed by atoms with Crippen LogP contribution in [-0.2, 0) is 0 Å². The molecule has 1 spiro atoms. The Balaban J connectivity index is 2.18. The van der Waals surface area contributed by atoms with Gasteiger partial charge in [0.2, 0.25) is 0 Å². The summed E-state index contributed by atoms with van der Waals surface area (Å²) >= 11 is 6.72. The molecule has 26 heavy (non-hydrogen) atoms. The van der Waals surface area contributed by atoms with Crippen molar-refractivity contribution in [3.63, 3.8) is 0 Å². The zero-order chi connectivity index (χ0) is 19.1. The van der Waals surface area contributed by atoms with Gasteiger partial charge in [-0.2, -0.15) is 0 Å². The van der Waals surface area contributed by atoms with Crippen molar-refractivity contribution in [1.82, 2.24) is 0 Å². The van der Waals surface area contributed by atoms with E-state index in [-0.39, 0.29) is 5.54 Å². The third-order valence-corrected chi connectivity index (χ3v) is 7.33. The third kappa shape index (κ3) is 3.30. The second-order valence-corrected chi connectivity index (χ2v) is 10.4. The summed E-state index contributed by atoms with van der Waals surface area (Å²) in [5, 5.41) is 0. The first-order valence-corrected chi connectivity index (χ1v) is 11.2. The maximum absolute atomic E-state index is 6.72. The Morgan fingerprint density at radius 3 is 2.00 bits per heavy atom. The van der Waals surface area contributed by atoms with E-state index in [0.717, 1.165) is 5.88 Å². The van der Waals surface area contributed by atoms with Crippen LogP contribution in [0.5, 0.6) is 0 Å². The molecule has 0 aromatic heterocycles. The molecule has 1 aliphatic heterocycles. The lowest BCUT2D eigenvalue weighted by Crippen LogP contribution is -2.48. The zero-order valence-electron chi connectivity index (χ0n) is 17.7. The molecular weight excluding hydrogens is 338 g/mol. The Labute approximate surface area is 166 Å². The van der Waals surface area contributed by atoms with Gasteiger partial charge in [-0.05, 0) is 61.5 Å². The van der Waals surface area contributed by atoms with Crippen LogP contribution in [0, 0.1) is 5.41 Å². The van der Waals surface area contributed by atoms with E-state index in [1.807, 2.05) is 0 Å². The molecule has 0 bridgehead atoms. The average Bonchev–Trinajstić information content (AvgIpc) is 2.79. The van der Waals surface area contributed by atoms with Crippen LogP contribution in [0.3, 0.4) is 0 Å². The third-order valence-electron chi connectivity index (χ3n) is 7.03. The molecular formula is C24H38ClN. The maximum Gasteiger partial charge on any atom is 0.0488 e. The van der Waals surface area contributed by atoms with Gasteiger partial charge in [-0.1, -0.05) is 65.2 Å². The van der Waals surface area contributed by atoms with Gasteiger partial charge in [0.15, 0.2) is 0 Å². The van der Waals surface area contributed by atoms with Crippen LogP contribution >= 0.6 is 11.6 Å². The van der Waals surface area contributed by atoms with Gasteiger partial charge in [0.1, 0.15) is 0 Å². The Morgan fingerprint density at radius 1 is 1.00 bits per heavy atom. The summed E-state index contributed by atoms with van der Waals surface area (Å²) in [7, 11) is 0. The molecule has 1 unspecified atom stereocenters. The number of nitrogens with zero attached hydrogens (tertiary/aromatic N) is 1. The lowest BCUT2D eigenvalue weighted by molar-refractivity contribution is 0.172. The number of para-hydroxylation sites is 1. The number of hydrogen-bond acceptors (Lipinski definition) is 1. The molecule has 1 nitrogen and oxygen atoms in total. The van der Waals surface area contributed by atoms with Gasteiger partial charge in [-0.25, -0.2) is 0 Å². The molecule has 1 atom stereocenters. The van der Waals surface area contributed by atoms with E-state index in [1.54, 1.807) is 0 Å². The van der Waals surface area contributed by atoms with Gasteiger partial charge in [0.05, 0.1) is 0 Å². The fourth-order valence-electron chi connectivity index (χ4n) is 6.01. The topological polar surface area (TPSA) is 3.24 Å². The first kappa shape index (κ1) is 20.1. The second-order valence-electron chi connectivity index (χ2n) is 10.0. The standard InChI is InChI=1S/C24H38ClN/c1-17(2)19-11-10-12-20(18(3)4)22(19)26-21(15-25)24(16-23(26,5)6)13-8-7-9-14-24/h10-12,17-18,21H,7-9,13-16H2,1-6H3. The minimum absolute atomic E-state index is 0.158. The van der Waals surface area contributed by atoms with Crippen LogP contribution in [0.25, 0.3) is 0 Å². The van der Waals surface area contributed by atoms with Crippen LogP contribution in [0.1, 0.15) is 103 Å². The average molecular weight is 376 g/mol. The quantitative estimate of drug-likeness (QED) is 0.493. The summed E-state index contributed by atoms with van der Waals surface area (Å²) in [4.78, 5) is 2.77. The molecule has 0 N–H and O–H groups in total. The molecule has 1 aliphatic carbocycles. The smallest absolute Gasteiger partial charge is 0.0488 e.